The SMILES string of the molecule is O=C(OCc1ccccc1)[C@@H]1CN(C2CCCC2)C[C@H]1C(=O)OCc1ccccc1. The second-order valence-corrected chi connectivity index (χ2v) is 8.29. The molecule has 2 aromatic carbocycles. The Balaban J connectivity index is 1.40. The number of ether oxygens (including phenoxy) is 2. The maximum Gasteiger partial charge on any atom is 0.311 e. The fourth-order valence-corrected chi connectivity index (χ4v) is 4.55. The number of nitrogens with zero attached hydrogens (tertiary/aromatic N) is 1. The molecule has 0 aromatic heterocycles. The Morgan fingerprint density at radius 2 is 1.17 bits per heavy atom. The molecule has 0 unspecified atom stereocenters. The fourth-order valence-electron chi connectivity index (χ4n) is 4.55. The molecule has 1 saturated carbocycles. The molecule has 2 aromatic rings. The first-order valence-electron chi connectivity index (χ1n) is 10.9. The van der Waals surface area contributed by atoms with Gasteiger partial charge in [-0.3, -0.25) is 14.5 Å². The molecule has 0 spiro atoms. The van der Waals surface area contributed by atoms with E-state index >= 15 is 0 Å². The van der Waals surface area contributed by atoms with E-state index in [0.717, 1.165) is 24.0 Å². The van der Waals surface area contributed by atoms with Crippen LogP contribution in [-0.4, -0.2) is 36.0 Å². The first kappa shape index (κ1) is 20.6. The molecule has 2 atom stereocenters. The largest absolute Gasteiger partial charge is 0.461 e. The van der Waals surface area contributed by atoms with Crippen molar-refractivity contribution in [2.24, 2.45) is 11.8 Å². The third-order valence-electron chi connectivity index (χ3n) is 6.24. The highest BCUT2D eigenvalue weighted by Gasteiger charge is 2.45. The summed E-state index contributed by atoms with van der Waals surface area (Å²) in [6.07, 6.45) is 4.70. The molecule has 5 heteroatoms. The van der Waals surface area contributed by atoms with Crippen LogP contribution in [0.3, 0.4) is 0 Å². The van der Waals surface area contributed by atoms with Crippen molar-refractivity contribution >= 4 is 11.9 Å². The van der Waals surface area contributed by atoms with Gasteiger partial charge < -0.3 is 9.47 Å². The van der Waals surface area contributed by atoms with E-state index in [0.29, 0.717) is 19.1 Å². The standard InChI is InChI=1S/C25H29NO4/c27-24(29-17-19-9-3-1-4-10-19)22-15-26(21-13-7-8-14-21)16-23(22)25(28)30-18-20-11-5-2-6-12-20/h1-6,9-12,21-23H,7-8,13-18H2/t22-,23-/m1/s1. The van der Waals surface area contributed by atoms with Crippen molar-refractivity contribution in [2.75, 3.05) is 13.1 Å². The van der Waals surface area contributed by atoms with Crippen molar-refractivity contribution in [1.29, 1.82) is 0 Å². The van der Waals surface area contributed by atoms with Crippen molar-refractivity contribution in [3.63, 3.8) is 0 Å². The molecular formula is C25H29NO4. The zero-order valence-electron chi connectivity index (χ0n) is 17.2. The molecule has 1 heterocycles. The van der Waals surface area contributed by atoms with Gasteiger partial charge in [-0.1, -0.05) is 73.5 Å². The molecule has 2 fully saturated rings. The number of hydrogen-bond acceptors (Lipinski definition) is 5. The normalized spacial score (nSPS) is 22.1. The van der Waals surface area contributed by atoms with Crippen LogP contribution in [0.1, 0.15) is 36.8 Å². The van der Waals surface area contributed by atoms with Crippen LogP contribution in [0.5, 0.6) is 0 Å². The van der Waals surface area contributed by atoms with Crippen LogP contribution in [0.15, 0.2) is 60.7 Å². The lowest BCUT2D eigenvalue weighted by Gasteiger charge is -2.23. The van der Waals surface area contributed by atoms with E-state index in [1.165, 1.54) is 12.8 Å². The van der Waals surface area contributed by atoms with Gasteiger partial charge in [0, 0.05) is 19.1 Å². The van der Waals surface area contributed by atoms with E-state index in [1.807, 2.05) is 60.7 Å². The van der Waals surface area contributed by atoms with Gasteiger partial charge in [0.25, 0.3) is 0 Å². The Morgan fingerprint density at radius 1 is 0.733 bits per heavy atom. The smallest absolute Gasteiger partial charge is 0.311 e. The van der Waals surface area contributed by atoms with Gasteiger partial charge in [0.2, 0.25) is 0 Å². The zero-order chi connectivity index (χ0) is 20.8. The predicted octanol–water partition coefficient (Wildman–Crippen LogP) is 3.96. The molecule has 1 aliphatic carbocycles. The Labute approximate surface area is 178 Å². The minimum Gasteiger partial charge on any atom is -0.461 e. The Morgan fingerprint density at radius 3 is 1.60 bits per heavy atom. The lowest BCUT2D eigenvalue weighted by atomic mass is 9.96. The van der Waals surface area contributed by atoms with Crippen LogP contribution >= 0.6 is 0 Å². The zero-order valence-corrected chi connectivity index (χ0v) is 17.2. The molecule has 4 rings (SSSR count). The summed E-state index contributed by atoms with van der Waals surface area (Å²) in [6, 6.07) is 19.7. The average molecular weight is 408 g/mol. The first-order chi connectivity index (χ1) is 14.7. The number of carbonyl (C=O) groups excluding carboxylic acids is 2. The molecule has 0 radical (unpaired) electrons. The molecule has 30 heavy (non-hydrogen) atoms. The number of hydrogen-bond donors (Lipinski definition) is 0. The monoisotopic (exact) mass is 407 g/mol. The van der Waals surface area contributed by atoms with E-state index in [4.69, 9.17) is 9.47 Å². The number of likely N-dealkylation sites (tertiary alicyclic amines) is 1. The summed E-state index contributed by atoms with van der Waals surface area (Å²) in [5, 5.41) is 0. The summed E-state index contributed by atoms with van der Waals surface area (Å²) in [7, 11) is 0. The van der Waals surface area contributed by atoms with Gasteiger partial charge in [-0.25, -0.2) is 0 Å². The highest BCUT2D eigenvalue weighted by atomic mass is 16.5. The van der Waals surface area contributed by atoms with Gasteiger partial charge in [-0.05, 0) is 24.0 Å². The van der Waals surface area contributed by atoms with Crippen LogP contribution in [0, 0.1) is 11.8 Å². The Hall–Kier alpha value is -2.66. The summed E-state index contributed by atoms with van der Waals surface area (Å²) in [6.45, 7) is 1.60. The molecule has 0 N–H and O–H groups in total. The van der Waals surface area contributed by atoms with Gasteiger partial charge >= 0.3 is 11.9 Å². The van der Waals surface area contributed by atoms with Gasteiger partial charge in [-0.15, -0.1) is 0 Å². The third-order valence-corrected chi connectivity index (χ3v) is 6.24. The van der Waals surface area contributed by atoms with E-state index < -0.39 is 11.8 Å². The van der Waals surface area contributed by atoms with Gasteiger partial charge in [0.05, 0.1) is 11.8 Å². The molecule has 158 valence electrons. The predicted molar refractivity (Wildman–Crippen MR) is 113 cm³/mol. The Bertz CT molecular complexity index is 769. The minimum absolute atomic E-state index is 0.228. The quantitative estimate of drug-likeness (QED) is 0.650. The number of rotatable bonds is 7. The van der Waals surface area contributed by atoms with Crippen LogP contribution in [0.25, 0.3) is 0 Å². The van der Waals surface area contributed by atoms with Crippen molar-refractivity contribution in [3.05, 3.63) is 71.8 Å². The van der Waals surface area contributed by atoms with E-state index in [9.17, 15) is 9.59 Å². The van der Waals surface area contributed by atoms with Crippen LogP contribution < -0.4 is 0 Å². The molecule has 2 aliphatic rings. The lowest BCUT2D eigenvalue weighted by Crippen LogP contribution is -2.32. The fraction of sp³-hybridized carbons (Fsp3) is 0.440. The second-order valence-electron chi connectivity index (χ2n) is 8.29. The average Bonchev–Trinajstić information content (AvgIpc) is 3.47. The maximum atomic E-state index is 12.9. The Kier molecular flexibility index (Phi) is 6.80. The van der Waals surface area contributed by atoms with E-state index in [-0.39, 0.29) is 25.2 Å². The third kappa shape index (κ3) is 5.08. The summed E-state index contributed by atoms with van der Waals surface area (Å²) >= 11 is 0. The van der Waals surface area contributed by atoms with E-state index in [2.05, 4.69) is 4.90 Å². The highest BCUT2D eigenvalue weighted by Crippen LogP contribution is 2.33. The summed E-state index contributed by atoms with van der Waals surface area (Å²) in [4.78, 5) is 28.1. The number of carbonyl (C=O) groups is 2. The molecular weight excluding hydrogens is 378 g/mol. The van der Waals surface area contributed by atoms with E-state index in [1.54, 1.807) is 0 Å². The topological polar surface area (TPSA) is 55.8 Å². The summed E-state index contributed by atoms with van der Waals surface area (Å²) < 4.78 is 11.2. The van der Waals surface area contributed by atoms with Gasteiger partial charge in [0.15, 0.2) is 0 Å². The van der Waals surface area contributed by atoms with Crippen LogP contribution in [0.4, 0.5) is 0 Å². The highest BCUT2D eigenvalue weighted by molar-refractivity contribution is 5.83. The summed E-state index contributed by atoms with van der Waals surface area (Å²) in [5.41, 5.74) is 1.89. The molecule has 0 bridgehead atoms. The molecule has 0 amide bonds. The number of esters is 2. The maximum absolute atomic E-state index is 12.9. The van der Waals surface area contributed by atoms with Crippen molar-refractivity contribution in [3.8, 4) is 0 Å². The van der Waals surface area contributed by atoms with Crippen molar-refractivity contribution < 1.29 is 19.1 Å². The summed E-state index contributed by atoms with van der Waals surface area (Å²) in [5.74, 6) is -1.56. The molecule has 1 saturated heterocycles. The lowest BCUT2D eigenvalue weighted by molar-refractivity contribution is -0.160. The van der Waals surface area contributed by atoms with Gasteiger partial charge in [0.1, 0.15) is 13.2 Å². The number of benzene rings is 2. The minimum atomic E-state index is -0.474. The second kappa shape index (κ2) is 9.90. The first-order valence-corrected chi connectivity index (χ1v) is 10.9. The van der Waals surface area contributed by atoms with Crippen LogP contribution in [0.2, 0.25) is 0 Å². The van der Waals surface area contributed by atoms with Crippen molar-refractivity contribution in [2.45, 2.75) is 44.9 Å². The van der Waals surface area contributed by atoms with Crippen LogP contribution in [-0.2, 0) is 32.3 Å². The van der Waals surface area contributed by atoms with Crippen molar-refractivity contribution in [1.82, 2.24) is 4.90 Å². The molecule has 1 aliphatic heterocycles. The molecule has 5 nitrogen and oxygen atoms in total. The van der Waals surface area contributed by atoms with Gasteiger partial charge in [-0.2, -0.15) is 0 Å².